The van der Waals surface area contributed by atoms with Gasteiger partial charge in [-0.05, 0) is 39.3 Å². The van der Waals surface area contributed by atoms with E-state index in [0.717, 1.165) is 43.0 Å². The minimum atomic E-state index is 0.682. The molecule has 2 aromatic heterocycles. The van der Waals surface area contributed by atoms with E-state index >= 15 is 0 Å². The number of nitrogens with zero attached hydrogens (tertiary/aromatic N) is 4. The molecule has 0 unspecified atom stereocenters. The highest BCUT2D eigenvalue weighted by Gasteiger charge is 2.17. The lowest BCUT2D eigenvalue weighted by Crippen LogP contribution is -2.14. The molecule has 0 amide bonds. The van der Waals surface area contributed by atoms with Gasteiger partial charge in [-0.3, -0.25) is 0 Å². The monoisotopic (exact) mass is 287 g/mol. The average Bonchev–Trinajstić information content (AvgIpc) is 2.81. The first-order valence-corrected chi connectivity index (χ1v) is 7.73. The van der Waals surface area contributed by atoms with Crippen molar-refractivity contribution in [2.75, 3.05) is 6.54 Å². The summed E-state index contributed by atoms with van der Waals surface area (Å²) in [5, 5.41) is 8.16. The molecule has 0 radical (unpaired) electrons. The third-order valence-corrected chi connectivity index (χ3v) is 3.55. The molecule has 0 aliphatic rings. The highest BCUT2D eigenvalue weighted by Crippen LogP contribution is 2.19. The molecular weight excluding hydrogens is 262 g/mol. The predicted molar refractivity (Wildman–Crippen MR) is 84.8 cm³/mol. The van der Waals surface area contributed by atoms with Gasteiger partial charge < -0.3 is 5.32 Å². The van der Waals surface area contributed by atoms with Crippen molar-refractivity contribution in [3.8, 4) is 5.95 Å². The van der Waals surface area contributed by atoms with Gasteiger partial charge in [0.1, 0.15) is 0 Å². The van der Waals surface area contributed by atoms with Crippen LogP contribution in [0.25, 0.3) is 5.95 Å². The molecular formula is C16H25N5. The summed E-state index contributed by atoms with van der Waals surface area (Å²) in [7, 11) is 0. The smallest absolute Gasteiger partial charge is 0.251 e. The molecule has 0 spiro atoms. The Morgan fingerprint density at radius 1 is 1.05 bits per heavy atom. The van der Waals surface area contributed by atoms with Crippen LogP contribution in [0.4, 0.5) is 0 Å². The average molecular weight is 287 g/mol. The molecule has 0 bridgehead atoms. The fourth-order valence-electron chi connectivity index (χ4n) is 2.60. The van der Waals surface area contributed by atoms with Crippen molar-refractivity contribution in [1.29, 1.82) is 0 Å². The molecule has 0 saturated heterocycles. The third kappa shape index (κ3) is 3.29. The van der Waals surface area contributed by atoms with Crippen LogP contribution in [0, 0.1) is 13.8 Å². The van der Waals surface area contributed by atoms with E-state index in [0.29, 0.717) is 5.95 Å². The Morgan fingerprint density at radius 3 is 2.24 bits per heavy atom. The number of hydrogen-bond donors (Lipinski definition) is 1. The van der Waals surface area contributed by atoms with Crippen molar-refractivity contribution in [2.45, 2.75) is 54.0 Å². The zero-order chi connectivity index (χ0) is 15.4. The van der Waals surface area contributed by atoms with E-state index in [2.05, 4.69) is 36.1 Å². The van der Waals surface area contributed by atoms with Crippen molar-refractivity contribution in [1.82, 2.24) is 25.1 Å². The van der Waals surface area contributed by atoms with E-state index in [-0.39, 0.29) is 0 Å². The molecule has 1 N–H and O–H groups in total. The van der Waals surface area contributed by atoms with Crippen LogP contribution in [0.2, 0.25) is 0 Å². The fourth-order valence-corrected chi connectivity index (χ4v) is 2.60. The van der Waals surface area contributed by atoms with Crippen LogP contribution < -0.4 is 5.32 Å². The van der Waals surface area contributed by atoms with Gasteiger partial charge in [0.15, 0.2) is 0 Å². The van der Waals surface area contributed by atoms with Crippen molar-refractivity contribution in [3.63, 3.8) is 0 Å². The van der Waals surface area contributed by atoms with Crippen molar-refractivity contribution in [2.24, 2.45) is 0 Å². The zero-order valence-corrected chi connectivity index (χ0v) is 13.7. The number of aromatic nitrogens is 4. The summed E-state index contributed by atoms with van der Waals surface area (Å²) in [5.41, 5.74) is 5.58. The Labute approximate surface area is 126 Å². The van der Waals surface area contributed by atoms with E-state index in [1.54, 1.807) is 0 Å². The summed E-state index contributed by atoms with van der Waals surface area (Å²) in [5.74, 6) is 0.682. The largest absolute Gasteiger partial charge is 0.313 e. The lowest BCUT2D eigenvalue weighted by molar-refractivity contribution is 0.708. The van der Waals surface area contributed by atoms with Gasteiger partial charge in [0, 0.05) is 23.5 Å². The number of rotatable bonds is 6. The summed E-state index contributed by atoms with van der Waals surface area (Å²) in [4.78, 5) is 9.10. The number of nitrogens with one attached hydrogen (secondary N) is 1. The maximum Gasteiger partial charge on any atom is 0.251 e. The molecule has 0 atom stereocenters. The molecule has 21 heavy (non-hydrogen) atoms. The first-order chi connectivity index (χ1) is 10.1. The molecule has 0 aliphatic carbocycles. The van der Waals surface area contributed by atoms with Crippen LogP contribution in [0.15, 0.2) is 6.07 Å². The Bertz CT molecular complexity index is 595. The maximum absolute atomic E-state index is 4.76. The Hall–Kier alpha value is -1.75. The number of aryl methyl sites for hydroxylation is 3. The molecule has 2 heterocycles. The first kappa shape index (κ1) is 15.6. The van der Waals surface area contributed by atoms with E-state index in [1.807, 2.05) is 24.6 Å². The van der Waals surface area contributed by atoms with E-state index in [9.17, 15) is 0 Å². The van der Waals surface area contributed by atoms with Gasteiger partial charge in [-0.2, -0.15) is 5.10 Å². The zero-order valence-electron chi connectivity index (χ0n) is 13.7. The molecule has 0 aliphatic heterocycles. The summed E-state index contributed by atoms with van der Waals surface area (Å²) in [6.45, 7) is 12.2. The summed E-state index contributed by atoms with van der Waals surface area (Å²) < 4.78 is 1.92. The highest BCUT2D eigenvalue weighted by molar-refractivity contribution is 5.32. The van der Waals surface area contributed by atoms with E-state index in [1.165, 1.54) is 11.3 Å². The molecule has 5 nitrogen and oxygen atoms in total. The van der Waals surface area contributed by atoms with Gasteiger partial charge in [-0.15, -0.1) is 0 Å². The normalized spacial score (nSPS) is 11.1. The topological polar surface area (TPSA) is 55.6 Å². The van der Waals surface area contributed by atoms with Gasteiger partial charge in [0.2, 0.25) is 0 Å². The van der Waals surface area contributed by atoms with Crippen LogP contribution in [0.1, 0.15) is 49.1 Å². The van der Waals surface area contributed by atoms with Gasteiger partial charge >= 0.3 is 0 Å². The van der Waals surface area contributed by atoms with Crippen LogP contribution >= 0.6 is 0 Å². The van der Waals surface area contributed by atoms with Crippen molar-refractivity contribution >= 4 is 0 Å². The van der Waals surface area contributed by atoms with Crippen LogP contribution in [-0.2, 0) is 19.4 Å². The third-order valence-electron chi connectivity index (χ3n) is 3.55. The Kier molecular flexibility index (Phi) is 5.07. The van der Waals surface area contributed by atoms with Crippen molar-refractivity contribution < 1.29 is 0 Å². The van der Waals surface area contributed by atoms with Gasteiger partial charge in [-0.25, -0.2) is 14.6 Å². The molecule has 0 fully saturated rings. The van der Waals surface area contributed by atoms with Gasteiger partial charge in [0.25, 0.3) is 5.95 Å². The molecule has 0 aromatic carbocycles. The quantitative estimate of drug-likeness (QED) is 0.887. The Balaban J connectivity index is 2.54. The van der Waals surface area contributed by atoms with Gasteiger partial charge in [0.05, 0.1) is 11.4 Å². The van der Waals surface area contributed by atoms with E-state index < -0.39 is 0 Å². The van der Waals surface area contributed by atoms with Crippen LogP contribution in [0.5, 0.6) is 0 Å². The second kappa shape index (κ2) is 6.80. The van der Waals surface area contributed by atoms with Gasteiger partial charge in [-0.1, -0.05) is 20.8 Å². The van der Waals surface area contributed by atoms with E-state index in [4.69, 9.17) is 5.10 Å². The molecule has 0 saturated carbocycles. The second-order valence-corrected chi connectivity index (χ2v) is 5.22. The summed E-state index contributed by atoms with van der Waals surface area (Å²) in [6, 6.07) is 1.99. The highest BCUT2D eigenvalue weighted by atomic mass is 15.4. The standard InChI is InChI=1S/C16H25N5/c1-6-14-13(10-17-8-3)15(7-2)21(20-14)16-18-11(4)9-12(5)19-16/h9,17H,6-8,10H2,1-5H3. The summed E-state index contributed by atoms with van der Waals surface area (Å²) >= 11 is 0. The maximum atomic E-state index is 4.76. The molecule has 2 aromatic rings. The molecule has 5 heteroatoms. The van der Waals surface area contributed by atoms with Crippen LogP contribution in [0.3, 0.4) is 0 Å². The number of hydrogen-bond acceptors (Lipinski definition) is 4. The minimum absolute atomic E-state index is 0.682. The minimum Gasteiger partial charge on any atom is -0.313 e. The fraction of sp³-hybridized carbons (Fsp3) is 0.562. The summed E-state index contributed by atoms with van der Waals surface area (Å²) in [6.07, 6.45) is 1.84. The second-order valence-electron chi connectivity index (χ2n) is 5.22. The molecule has 2 rings (SSSR count). The predicted octanol–water partition coefficient (Wildman–Crippen LogP) is 2.51. The van der Waals surface area contributed by atoms with Crippen molar-refractivity contribution in [3.05, 3.63) is 34.4 Å². The SMILES string of the molecule is CCNCc1c(CC)nn(-c2nc(C)cc(C)n2)c1CC. The Morgan fingerprint density at radius 2 is 1.71 bits per heavy atom. The molecule has 114 valence electrons. The first-order valence-electron chi connectivity index (χ1n) is 7.73. The lowest BCUT2D eigenvalue weighted by atomic mass is 10.1. The van der Waals surface area contributed by atoms with Crippen LogP contribution in [-0.4, -0.2) is 26.3 Å². The lowest BCUT2D eigenvalue weighted by Gasteiger charge is -2.08.